The molecule has 0 saturated heterocycles. The summed E-state index contributed by atoms with van der Waals surface area (Å²) in [7, 11) is 1.41. The fraction of sp³-hybridized carbons (Fsp3) is 0.231. The zero-order valence-corrected chi connectivity index (χ0v) is 18.8. The van der Waals surface area contributed by atoms with Crippen LogP contribution >= 0.6 is 0 Å². The van der Waals surface area contributed by atoms with Gasteiger partial charge in [-0.25, -0.2) is 4.79 Å². The monoisotopic (exact) mass is 455 g/mol. The molecule has 3 aromatic carbocycles. The number of aromatic nitrogens is 1. The lowest BCUT2D eigenvalue weighted by Crippen LogP contribution is -2.25. The zero-order valence-electron chi connectivity index (χ0n) is 18.8. The van der Waals surface area contributed by atoms with E-state index in [1.165, 1.54) is 7.11 Å². The van der Waals surface area contributed by atoms with Crippen molar-refractivity contribution in [3.63, 3.8) is 0 Å². The summed E-state index contributed by atoms with van der Waals surface area (Å²) in [5.41, 5.74) is 11.4. The largest absolute Gasteiger partial charge is 0.467 e. The molecule has 0 aliphatic heterocycles. The van der Waals surface area contributed by atoms with Crippen molar-refractivity contribution >= 4 is 39.4 Å². The molecule has 1 amide bonds. The Balaban J connectivity index is 1.43. The van der Waals surface area contributed by atoms with Crippen LogP contribution in [0.2, 0.25) is 0 Å². The minimum atomic E-state index is -0.460. The van der Waals surface area contributed by atoms with E-state index in [4.69, 9.17) is 10.3 Å². The molecule has 0 aliphatic carbocycles. The van der Waals surface area contributed by atoms with Crippen molar-refractivity contribution in [1.82, 2.24) is 9.88 Å². The van der Waals surface area contributed by atoms with Crippen LogP contribution in [0.3, 0.4) is 0 Å². The third-order valence-corrected chi connectivity index (χ3v) is 5.88. The van der Waals surface area contributed by atoms with Crippen LogP contribution in [0.15, 0.2) is 77.9 Å². The summed E-state index contributed by atoms with van der Waals surface area (Å²) in [4.78, 5) is 27.9. The third kappa shape index (κ3) is 4.72. The van der Waals surface area contributed by atoms with Crippen LogP contribution in [-0.2, 0) is 9.53 Å². The molecule has 0 radical (unpaired) electrons. The minimum Gasteiger partial charge on any atom is -0.467 e. The molecule has 1 aromatic heterocycles. The van der Waals surface area contributed by atoms with Crippen molar-refractivity contribution in [2.24, 2.45) is 5.11 Å². The van der Waals surface area contributed by atoms with Crippen LogP contribution in [-0.4, -0.2) is 30.1 Å². The van der Waals surface area contributed by atoms with Gasteiger partial charge in [0.15, 0.2) is 0 Å². The summed E-state index contributed by atoms with van der Waals surface area (Å²) in [5, 5.41) is 8.60. The molecule has 8 heteroatoms. The number of nitrogens with one attached hydrogen (secondary N) is 1. The fourth-order valence-electron chi connectivity index (χ4n) is 4.27. The molecule has 0 fully saturated rings. The number of rotatable bonds is 9. The number of azide groups is 1. The van der Waals surface area contributed by atoms with Crippen molar-refractivity contribution in [2.75, 3.05) is 13.7 Å². The van der Waals surface area contributed by atoms with Crippen LogP contribution in [0.4, 0.5) is 5.69 Å². The Labute approximate surface area is 196 Å². The van der Waals surface area contributed by atoms with E-state index in [0.717, 1.165) is 28.2 Å². The Morgan fingerprint density at radius 2 is 1.59 bits per heavy atom. The molecule has 34 heavy (non-hydrogen) atoms. The molecule has 1 atom stereocenters. The number of nitrogens with zero attached hydrogens (tertiary/aromatic N) is 4. The summed E-state index contributed by atoms with van der Waals surface area (Å²) in [6.07, 6.45) is 2.04. The van der Waals surface area contributed by atoms with E-state index in [0.29, 0.717) is 30.6 Å². The van der Waals surface area contributed by atoms with Crippen LogP contribution in [0.5, 0.6) is 0 Å². The molecule has 4 rings (SSSR count). The molecule has 0 saturated carbocycles. The lowest BCUT2D eigenvalue weighted by molar-refractivity contribution is -0.144. The van der Waals surface area contributed by atoms with Crippen molar-refractivity contribution in [1.29, 1.82) is 0 Å². The maximum absolute atomic E-state index is 12.8. The van der Waals surface area contributed by atoms with Gasteiger partial charge in [-0.05, 0) is 49.1 Å². The Morgan fingerprint density at radius 3 is 2.18 bits per heavy atom. The summed E-state index contributed by atoms with van der Waals surface area (Å²) < 4.78 is 7.22. The van der Waals surface area contributed by atoms with Gasteiger partial charge in [0.2, 0.25) is 0 Å². The molecule has 4 aromatic rings. The Hall–Kier alpha value is -4.29. The second kappa shape index (κ2) is 10.6. The number of ether oxygens (including phenoxy) is 1. The van der Waals surface area contributed by atoms with Crippen molar-refractivity contribution in [3.8, 4) is 0 Å². The van der Waals surface area contributed by atoms with Gasteiger partial charge >= 0.3 is 5.97 Å². The second-order valence-corrected chi connectivity index (χ2v) is 7.93. The number of esters is 1. The Bertz CT molecular complexity index is 1320. The van der Waals surface area contributed by atoms with E-state index in [-0.39, 0.29) is 11.9 Å². The first-order valence-corrected chi connectivity index (χ1v) is 11.1. The summed E-state index contributed by atoms with van der Waals surface area (Å²) >= 11 is 0. The van der Waals surface area contributed by atoms with Gasteiger partial charge in [-0.15, -0.1) is 0 Å². The third-order valence-electron chi connectivity index (χ3n) is 5.88. The van der Waals surface area contributed by atoms with Crippen LogP contribution in [0.1, 0.15) is 35.7 Å². The van der Waals surface area contributed by atoms with Crippen molar-refractivity contribution < 1.29 is 14.3 Å². The van der Waals surface area contributed by atoms with Gasteiger partial charge in [-0.2, -0.15) is 0 Å². The van der Waals surface area contributed by atoms with E-state index in [2.05, 4.69) is 32.0 Å². The first kappa shape index (κ1) is 22.9. The van der Waals surface area contributed by atoms with Gasteiger partial charge in [-0.3, -0.25) is 4.79 Å². The van der Waals surface area contributed by atoms with E-state index in [1.54, 1.807) is 24.3 Å². The van der Waals surface area contributed by atoms with Crippen LogP contribution < -0.4 is 5.32 Å². The number of unbranched alkanes of at least 4 members (excludes halogenated alkanes) is 1. The highest BCUT2D eigenvalue weighted by Crippen LogP contribution is 2.33. The van der Waals surface area contributed by atoms with Gasteiger partial charge in [0.1, 0.15) is 6.04 Å². The normalized spacial score (nSPS) is 11.7. The smallest absolute Gasteiger partial charge is 0.328 e. The van der Waals surface area contributed by atoms with Crippen molar-refractivity contribution in [3.05, 3.63) is 88.8 Å². The molecule has 1 N–H and O–H groups in total. The molecule has 0 bridgehead atoms. The highest BCUT2D eigenvalue weighted by atomic mass is 16.5. The molecule has 0 aliphatic rings. The maximum atomic E-state index is 12.8. The number of para-hydroxylation sites is 2. The van der Waals surface area contributed by atoms with E-state index in [1.807, 2.05) is 36.4 Å². The number of benzene rings is 3. The molecule has 1 heterocycles. The van der Waals surface area contributed by atoms with Gasteiger partial charge in [-0.1, -0.05) is 53.6 Å². The van der Waals surface area contributed by atoms with Gasteiger partial charge in [0.05, 0.1) is 7.11 Å². The van der Waals surface area contributed by atoms with E-state index >= 15 is 0 Å². The number of amides is 1. The number of carbonyl (C=O) groups excluding carboxylic acids is 2. The topological polar surface area (TPSA) is 109 Å². The maximum Gasteiger partial charge on any atom is 0.328 e. The molecule has 172 valence electrons. The lowest BCUT2D eigenvalue weighted by atomic mass is 10.1. The molecular weight excluding hydrogens is 430 g/mol. The second-order valence-electron chi connectivity index (χ2n) is 7.93. The van der Waals surface area contributed by atoms with Crippen LogP contribution in [0, 0.1) is 0 Å². The predicted octanol–water partition coefficient (Wildman–Crippen LogP) is 6.05. The summed E-state index contributed by atoms with van der Waals surface area (Å²) in [6.45, 7) is 0.484. The van der Waals surface area contributed by atoms with E-state index in [9.17, 15) is 9.59 Å². The quantitative estimate of drug-likeness (QED) is 0.109. The highest BCUT2D eigenvalue weighted by Gasteiger charge is 2.25. The summed E-state index contributed by atoms with van der Waals surface area (Å²) in [6, 6.07) is 22.1. The number of hydrogen-bond acceptors (Lipinski definition) is 4. The Kier molecular flexibility index (Phi) is 7.10. The number of carbonyl (C=O) groups is 2. The zero-order chi connectivity index (χ0) is 23.9. The number of hydrogen-bond donors (Lipinski definition) is 1. The van der Waals surface area contributed by atoms with E-state index < -0.39 is 6.04 Å². The predicted molar refractivity (Wildman–Crippen MR) is 132 cm³/mol. The van der Waals surface area contributed by atoms with Gasteiger partial charge < -0.3 is 14.6 Å². The fourth-order valence-corrected chi connectivity index (χ4v) is 4.27. The van der Waals surface area contributed by atoms with Gasteiger partial charge in [0.25, 0.3) is 5.91 Å². The SMILES string of the molecule is COC(=O)[C@H](CCCCNC(=O)c1ccc(N=[N+]=[N-])cc1)n1c2ccccc2c2ccccc21. The highest BCUT2D eigenvalue weighted by molar-refractivity contribution is 6.08. The van der Waals surface area contributed by atoms with Crippen molar-refractivity contribution in [2.45, 2.75) is 25.3 Å². The molecular formula is C26H25N5O3. The summed E-state index contributed by atoms with van der Waals surface area (Å²) in [5.74, 6) is -0.477. The molecule has 0 unspecified atom stereocenters. The standard InChI is InChI=1S/C26H25N5O3/c1-34-26(33)24(31-22-10-4-2-8-20(22)21-9-3-5-11-23(21)31)12-6-7-17-28-25(32)18-13-15-19(16-14-18)29-30-27/h2-5,8-11,13-16,24H,6-7,12,17H2,1H3,(H,28,32)/t24-/m0/s1. The average Bonchev–Trinajstić information content (AvgIpc) is 3.20. The number of fused-ring (bicyclic) bond motifs is 3. The average molecular weight is 456 g/mol. The number of methoxy groups -OCH3 is 1. The lowest BCUT2D eigenvalue weighted by Gasteiger charge is -2.19. The first-order chi connectivity index (χ1) is 16.6. The van der Waals surface area contributed by atoms with Crippen LogP contribution in [0.25, 0.3) is 32.2 Å². The molecule has 8 nitrogen and oxygen atoms in total. The first-order valence-electron chi connectivity index (χ1n) is 11.1. The Morgan fingerprint density at radius 1 is 0.971 bits per heavy atom. The minimum absolute atomic E-state index is 0.195. The van der Waals surface area contributed by atoms with Gasteiger partial charge in [0, 0.05) is 44.5 Å². The molecule has 0 spiro atoms.